The van der Waals surface area contributed by atoms with Gasteiger partial charge in [0.2, 0.25) is 0 Å². The second kappa shape index (κ2) is 6.38. The molecule has 2 saturated heterocycles. The minimum atomic E-state index is 0.0784. The summed E-state index contributed by atoms with van der Waals surface area (Å²) in [5.41, 5.74) is 0. The first kappa shape index (κ1) is 13.6. The second-order valence-corrected chi connectivity index (χ2v) is 5.69. The van der Waals surface area contributed by atoms with Crippen LogP contribution in [0.5, 0.6) is 0 Å². The molecule has 1 N–H and O–H groups in total. The zero-order valence-electron chi connectivity index (χ0n) is 11.5. The maximum atomic E-state index is 12.0. The molecule has 5 heteroatoms. The zero-order chi connectivity index (χ0) is 13.0. The van der Waals surface area contributed by atoms with E-state index in [9.17, 15) is 4.79 Å². The first-order chi connectivity index (χ1) is 8.65. The third kappa shape index (κ3) is 3.85. The molecule has 2 amide bonds. The molecule has 0 radical (unpaired) electrons. The molecular formula is C13H25N3O2. The van der Waals surface area contributed by atoms with E-state index < -0.39 is 0 Å². The highest BCUT2D eigenvalue weighted by Crippen LogP contribution is 2.08. The number of amides is 2. The molecule has 0 saturated carbocycles. The summed E-state index contributed by atoms with van der Waals surface area (Å²) in [7, 11) is 0. The van der Waals surface area contributed by atoms with Gasteiger partial charge >= 0.3 is 6.03 Å². The van der Waals surface area contributed by atoms with Crippen molar-refractivity contribution in [1.29, 1.82) is 0 Å². The molecule has 104 valence electrons. The number of ether oxygens (including phenoxy) is 1. The van der Waals surface area contributed by atoms with Gasteiger partial charge in [-0.25, -0.2) is 4.79 Å². The highest BCUT2D eigenvalue weighted by molar-refractivity contribution is 5.74. The Kier molecular flexibility index (Phi) is 4.83. The van der Waals surface area contributed by atoms with Crippen LogP contribution in [-0.4, -0.2) is 67.8 Å². The van der Waals surface area contributed by atoms with Crippen LogP contribution in [0.15, 0.2) is 0 Å². The molecule has 5 nitrogen and oxygen atoms in total. The number of carbonyl (C=O) groups excluding carboxylic acids is 1. The Hall–Kier alpha value is -0.810. The summed E-state index contributed by atoms with van der Waals surface area (Å²) in [6.07, 6.45) is 0.944. The molecule has 18 heavy (non-hydrogen) atoms. The Morgan fingerprint density at radius 1 is 1.33 bits per heavy atom. The summed E-state index contributed by atoms with van der Waals surface area (Å²) in [5.74, 6) is 0.695. The van der Waals surface area contributed by atoms with Crippen molar-refractivity contribution in [3.05, 3.63) is 0 Å². The smallest absolute Gasteiger partial charge is 0.317 e. The predicted molar refractivity (Wildman–Crippen MR) is 70.6 cm³/mol. The van der Waals surface area contributed by atoms with Gasteiger partial charge in [0.05, 0.1) is 12.6 Å². The number of nitrogens with one attached hydrogen (secondary N) is 1. The molecule has 0 aromatic heterocycles. The quantitative estimate of drug-likeness (QED) is 0.810. The summed E-state index contributed by atoms with van der Waals surface area (Å²) in [5, 5.41) is 3.05. The molecule has 0 aliphatic carbocycles. The van der Waals surface area contributed by atoms with Gasteiger partial charge in [0.25, 0.3) is 0 Å². The fourth-order valence-corrected chi connectivity index (χ4v) is 2.56. The van der Waals surface area contributed by atoms with Crippen molar-refractivity contribution in [3.63, 3.8) is 0 Å². The summed E-state index contributed by atoms with van der Waals surface area (Å²) in [4.78, 5) is 16.4. The lowest BCUT2D eigenvalue weighted by molar-refractivity contribution is 0.128. The van der Waals surface area contributed by atoms with Crippen LogP contribution >= 0.6 is 0 Å². The van der Waals surface area contributed by atoms with Crippen LogP contribution in [0.2, 0.25) is 0 Å². The fourth-order valence-electron chi connectivity index (χ4n) is 2.56. The summed E-state index contributed by atoms with van der Waals surface area (Å²) >= 11 is 0. The van der Waals surface area contributed by atoms with Crippen LogP contribution in [0.25, 0.3) is 0 Å². The molecule has 0 aromatic carbocycles. The number of urea groups is 1. The summed E-state index contributed by atoms with van der Waals surface area (Å²) < 4.78 is 5.26. The SMILES string of the molecule is CC(C)CN1CCN(C(=O)NC2CCOC2)CC1. The van der Waals surface area contributed by atoms with E-state index in [4.69, 9.17) is 4.74 Å². The van der Waals surface area contributed by atoms with Gasteiger partial charge in [-0.2, -0.15) is 0 Å². The van der Waals surface area contributed by atoms with Crippen LogP contribution < -0.4 is 5.32 Å². The third-order valence-electron chi connectivity index (χ3n) is 3.54. The highest BCUT2D eigenvalue weighted by Gasteiger charge is 2.24. The van der Waals surface area contributed by atoms with E-state index >= 15 is 0 Å². The first-order valence-corrected chi connectivity index (χ1v) is 7.00. The van der Waals surface area contributed by atoms with Crippen LogP contribution in [-0.2, 0) is 4.74 Å². The van der Waals surface area contributed by atoms with Gasteiger partial charge in [0.1, 0.15) is 0 Å². The van der Waals surface area contributed by atoms with Crippen molar-refractivity contribution in [1.82, 2.24) is 15.1 Å². The molecule has 0 spiro atoms. The molecule has 0 bridgehead atoms. The molecule has 2 aliphatic rings. The Bertz CT molecular complexity index is 269. The van der Waals surface area contributed by atoms with Gasteiger partial charge in [-0.15, -0.1) is 0 Å². The predicted octanol–water partition coefficient (Wildman–Crippen LogP) is 0.759. The van der Waals surface area contributed by atoms with Crippen molar-refractivity contribution in [3.8, 4) is 0 Å². The first-order valence-electron chi connectivity index (χ1n) is 7.00. The van der Waals surface area contributed by atoms with Crippen molar-refractivity contribution < 1.29 is 9.53 Å². The summed E-state index contributed by atoms with van der Waals surface area (Å²) in [6, 6.07) is 0.292. The fraction of sp³-hybridized carbons (Fsp3) is 0.923. The molecule has 1 atom stereocenters. The van der Waals surface area contributed by atoms with Gasteiger partial charge in [-0.3, -0.25) is 4.90 Å². The summed E-state index contributed by atoms with van der Waals surface area (Å²) in [6.45, 7) is 10.7. The number of rotatable bonds is 3. The van der Waals surface area contributed by atoms with E-state index in [1.807, 2.05) is 4.90 Å². The van der Waals surface area contributed by atoms with E-state index in [1.165, 1.54) is 0 Å². The van der Waals surface area contributed by atoms with Gasteiger partial charge in [-0.05, 0) is 12.3 Å². The average molecular weight is 255 g/mol. The monoisotopic (exact) mass is 255 g/mol. The van der Waals surface area contributed by atoms with Crippen LogP contribution in [0.1, 0.15) is 20.3 Å². The van der Waals surface area contributed by atoms with E-state index in [0.717, 1.165) is 45.8 Å². The van der Waals surface area contributed by atoms with Crippen LogP contribution in [0.3, 0.4) is 0 Å². The second-order valence-electron chi connectivity index (χ2n) is 5.69. The van der Waals surface area contributed by atoms with Gasteiger partial charge < -0.3 is 15.0 Å². The van der Waals surface area contributed by atoms with E-state index in [-0.39, 0.29) is 12.1 Å². The van der Waals surface area contributed by atoms with Crippen molar-refractivity contribution >= 4 is 6.03 Å². The van der Waals surface area contributed by atoms with E-state index in [1.54, 1.807) is 0 Å². The van der Waals surface area contributed by atoms with Gasteiger partial charge in [-0.1, -0.05) is 13.8 Å². The van der Waals surface area contributed by atoms with Crippen molar-refractivity contribution in [2.75, 3.05) is 45.9 Å². The lowest BCUT2D eigenvalue weighted by atomic mass is 10.2. The number of hydrogen-bond donors (Lipinski definition) is 1. The maximum Gasteiger partial charge on any atom is 0.317 e. The highest BCUT2D eigenvalue weighted by atomic mass is 16.5. The molecule has 1 unspecified atom stereocenters. The minimum Gasteiger partial charge on any atom is -0.379 e. The molecular weight excluding hydrogens is 230 g/mol. The van der Waals surface area contributed by atoms with Crippen LogP contribution in [0, 0.1) is 5.92 Å². The molecule has 2 aliphatic heterocycles. The molecule has 2 heterocycles. The topological polar surface area (TPSA) is 44.8 Å². The molecule has 2 rings (SSSR count). The maximum absolute atomic E-state index is 12.0. The standard InChI is InChI=1S/C13H25N3O2/c1-11(2)9-15-4-6-16(7-5-15)13(17)14-12-3-8-18-10-12/h11-12H,3-10H2,1-2H3,(H,14,17). The minimum absolute atomic E-state index is 0.0784. The largest absolute Gasteiger partial charge is 0.379 e. The van der Waals surface area contributed by atoms with Gasteiger partial charge in [0.15, 0.2) is 0 Å². The Balaban J connectivity index is 1.70. The van der Waals surface area contributed by atoms with E-state index in [2.05, 4.69) is 24.1 Å². The lowest BCUT2D eigenvalue weighted by Gasteiger charge is -2.35. The van der Waals surface area contributed by atoms with Gasteiger partial charge in [0, 0.05) is 39.3 Å². The zero-order valence-corrected chi connectivity index (χ0v) is 11.5. The third-order valence-corrected chi connectivity index (χ3v) is 3.54. The normalized spacial score (nSPS) is 25.7. The van der Waals surface area contributed by atoms with Crippen molar-refractivity contribution in [2.45, 2.75) is 26.3 Å². The van der Waals surface area contributed by atoms with Crippen molar-refractivity contribution in [2.24, 2.45) is 5.92 Å². The number of carbonyl (C=O) groups is 1. The Morgan fingerprint density at radius 2 is 2.06 bits per heavy atom. The lowest BCUT2D eigenvalue weighted by Crippen LogP contribution is -2.54. The molecule has 0 aromatic rings. The Morgan fingerprint density at radius 3 is 2.61 bits per heavy atom. The van der Waals surface area contributed by atoms with Crippen LogP contribution in [0.4, 0.5) is 4.79 Å². The average Bonchev–Trinajstić information content (AvgIpc) is 2.82. The molecule has 2 fully saturated rings. The number of hydrogen-bond acceptors (Lipinski definition) is 3. The number of piperazine rings is 1. The Labute approximate surface area is 109 Å². The number of nitrogens with zero attached hydrogens (tertiary/aromatic N) is 2. The van der Waals surface area contributed by atoms with E-state index in [0.29, 0.717) is 12.5 Å².